The van der Waals surface area contributed by atoms with E-state index in [-0.39, 0.29) is 11.9 Å². The predicted octanol–water partition coefficient (Wildman–Crippen LogP) is 3.08. The molecule has 114 valence electrons. The molecule has 1 aliphatic carbocycles. The summed E-state index contributed by atoms with van der Waals surface area (Å²) in [5.74, 6) is 1.36. The molecule has 2 bridgehead atoms. The van der Waals surface area contributed by atoms with Crippen molar-refractivity contribution in [2.45, 2.75) is 24.9 Å². The van der Waals surface area contributed by atoms with Crippen LogP contribution in [0, 0.1) is 5.92 Å². The Kier molecular flexibility index (Phi) is 3.43. The maximum absolute atomic E-state index is 12.3. The van der Waals surface area contributed by atoms with E-state index in [4.69, 9.17) is 16.0 Å². The van der Waals surface area contributed by atoms with Crippen molar-refractivity contribution in [2.75, 3.05) is 6.54 Å². The maximum Gasteiger partial charge on any atom is 0.287 e. The van der Waals surface area contributed by atoms with Gasteiger partial charge in [-0.2, -0.15) is 0 Å². The van der Waals surface area contributed by atoms with E-state index in [2.05, 4.69) is 10.6 Å². The minimum atomic E-state index is -0.143. The van der Waals surface area contributed by atoms with Crippen molar-refractivity contribution in [3.8, 4) is 11.3 Å². The van der Waals surface area contributed by atoms with E-state index in [1.54, 1.807) is 18.2 Å². The second kappa shape index (κ2) is 5.45. The van der Waals surface area contributed by atoms with Gasteiger partial charge in [0.25, 0.3) is 5.91 Å². The summed E-state index contributed by atoms with van der Waals surface area (Å²) in [6.45, 7) is 0.999. The van der Waals surface area contributed by atoms with E-state index < -0.39 is 0 Å². The lowest BCUT2D eigenvalue weighted by Crippen LogP contribution is -2.44. The van der Waals surface area contributed by atoms with Gasteiger partial charge in [0.1, 0.15) is 5.76 Å². The molecule has 1 saturated heterocycles. The average molecular weight is 317 g/mol. The zero-order valence-corrected chi connectivity index (χ0v) is 12.8. The fourth-order valence-corrected chi connectivity index (χ4v) is 3.75. The topological polar surface area (TPSA) is 54.3 Å². The van der Waals surface area contributed by atoms with E-state index in [9.17, 15) is 4.79 Å². The van der Waals surface area contributed by atoms with Crippen LogP contribution >= 0.6 is 11.6 Å². The number of benzene rings is 1. The van der Waals surface area contributed by atoms with E-state index in [0.717, 1.165) is 24.9 Å². The molecule has 1 aromatic carbocycles. The molecule has 1 aliphatic heterocycles. The fourth-order valence-electron chi connectivity index (χ4n) is 3.52. The molecule has 3 unspecified atom stereocenters. The number of hydrogen-bond donors (Lipinski definition) is 2. The number of carbonyl (C=O) groups is 1. The Balaban J connectivity index is 1.49. The first-order chi connectivity index (χ1) is 10.7. The maximum atomic E-state index is 12.3. The zero-order valence-electron chi connectivity index (χ0n) is 12.0. The molecule has 2 heterocycles. The number of piperidine rings is 1. The Labute approximate surface area is 133 Å². The quantitative estimate of drug-likeness (QED) is 0.915. The number of nitrogens with one attached hydrogen (secondary N) is 2. The molecular formula is C17H17ClN2O2. The average Bonchev–Trinajstić information content (AvgIpc) is 3.24. The SMILES string of the molecule is O=C(NC1CC2CC1CN2)c1ccc(-c2ccccc2Cl)o1. The number of rotatable bonds is 3. The second-order valence-corrected chi connectivity index (χ2v) is 6.47. The van der Waals surface area contributed by atoms with Gasteiger partial charge >= 0.3 is 0 Å². The highest BCUT2D eigenvalue weighted by atomic mass is 35.5. The van der Waals surface area contributed by atoms with Crippen LogP contribution in [-0.4, -0.2) is 24.5 Å². The standard InChI is InChI=1S/C17H17ClN2O2/c18-13-4-2-1-3-12(13)15-5-6-16(22-15)17(21)20-14-8-11-7-10(14)9-19-11/h1-6,10-11,14,19H,7-9H2,(H,20,21). The van der Waals surface area contributed by atoms with E-state index >= 15 is 0 Å². The smallest absolute Gasteiger partial charge is 0.287 e. The first-order valence-electron chi connectivity index (χ1n) is 7.59. The monoisotopic (exact) mass is 316 g/mol. The third-order valence-corrected chi connectivity index (χ3v) is 4.98. The summed E-state index contributed by atoms with van der Waals surface area (Å²) in [6, 6.07) is 11.8. The lowest BCUT2D eigenvalue weighted by molar-refractivity contribution is 0.0897. The number of hydrogen-bond acceptors (Lipinski definition) is 3. The van der Waals surface area contributed by atoms with Crippen LogP contribution < -0.4 is 10.6 Å². The molecule has 3 atom stereocenters. The minimum absolute atomic E-state index is 0.143. The first-order valence-corrected chi connectivity index (χ1v) is 7.97. The molecule has 2 aliphatic rings. The van der Waals surface area contributed by atoms with Crippen molar-refractivity contribution in [1.29, 1.82) is 0 Å². The molecule has 5 heteroatoms. The summed E-state index contributed by atoms with van der Waals surface area (Å²) >= 11 is 6.16. The Morgan fingerprint density at radius 3 is 2.82 bits per heavy atom. The van der Waals surface area contributed by atoms with Crippen LogP contribution in [-0.2, 0) is 0 Å². The summed E-state index contributed by atoms with van der Waals surface area (Å²) in [5.41, 5.74) is 0.798. The van der Waals surface area contributed by atoms with Gasteiger partial charge in [0.2, 0.25) is 0 Å². The van der Waals surface area contributed by atoms with Crippen molar-refractivity contribution in [1.82, 2.24) is 10.6 Å². The van der Waals surface area contributed by atoms with Crippen molar-refractivity contribution in [3.63, 3.8) is 0 Å². The van der Waals surface area contributed by atoms with Gasteiger partial charge in [-0.05, 0) is 43.0 Å². The van der Waals surface area contributed by atoms with E-state index in [0.29, 0.717) is 28.5 Å². The van der Waals surface area contributed by atoms with Crippen molar-refractivity contribution < 1.29 is 9.21 Å². The summed E-state index contributed by atoms with van der Waals surface area (Å²) in [4.78, 5) is 12.3. The van der Waals surface area contributed by atoms with Gasteiger partial charge in [0.15, 0.2) is 5.76 Å². The molecule has 1 amide bonds. The van der Waals surface area contributed by atoms with Gasteiger partial charge in [-0.25, -0.2) is 0 Å². The Morgan fingerprint density at radius 2 is 2.09 bits per heavy atom. The van der Waals surface area contributed by atoms with E-state index in [1.165, 1.54) is 0 Å². The molecule has 2 aromatic rings. The number of amides is 1. The number of carbonyl (C=O) groups excluding carboxylic acids is 1. The number of fused-ring (bicyclic) bond motifs is 2. The first kappa shape index (κ1) is 13.9. The lowest BCUT2D eigenvalue weighted by atomic mass is 10.0. The van der Waals surface area contributed by atoms with Crippen molar-refractivity contribution in [3.05, 3.63) is 47.2 Å². The Hall–Kier alpha value is -1.78. The number of furan rings is 1. The summed E-state index contributed by atoms with van der Waals surface area (Å²) in [6.07, 6.45) is 2.17. The van der Waals surface area contributed by atoms with Crippen LogP contribution in [0.25, 0.3) is 11.3 Å². The predicted molar refractivity (Wildman–Crippen MR) is 84.9 cm³/mol. The molecular weight excluding hydrogens is 300 g/mol. The van der Waals surface area contributed by atoms with E-state index in [1.807, 2.05) is 18.2 Å². The molecule has 0 radical (unpaired) electrons. The van der Waals surface area contributed by atoms with Crippen molar-refractivity contribution >= 4 is 17.5 Å². The molecule has 1 saturated carbocycles. The summed E-state index contributed by atoms with van der Waals surface area (Å²) < 4.78 is 5.69. The largest absolute Gasteiger partial charge is 0.451 e. The highest BCUT2D eigenvalue weighted by molar-refractivity contribution is 6.33. The van der Waals surface area contributed by atoms with Crippen molar-refractivity contribution in [2.24, 2.45) is 5.92 Å². The van der Waals surface area contributed by atoms with Gasteiger partial charge in [-0.15, -0.1) is 0 Å². The van der Waals surface area contributed by atoms with Crippen LogP contribution in [0.5, 0.6) is 0 Å². The van der Waals surface area contributed by atoms with Gasteiger partial charge < -0.3 is 15.1 Å². The summed E-state index contributed by atoms with van der Waals surface area (Å²) in [5, 5.41) is 7.16. The van der Waals surface area contributed by atoms with Crippen LogP contribution in [0.4, 0.5) is 0 Å². The fraction of sp³-hybridized carbons (Fsp3) is 0.353. The number of halogens is 1. The lowest BCUT2D eigenvalue weighted by Gasteiger charge is -2.22. The Bertz CT molecular complexity index is 712. The highest BCUT2D eigenvalue weighted by Crippen LogP contribution is 2.32. The molecule has 2 fully saturated rings. The Morgan fingerprint density at radius 1 is 1.23 bits per heavy atom. The van der Waals surface area contributed by atoms with Crippen LogP contribution in [0.15, 0.2) is 40.8 Å². The summed E-state index contributed by atoms with van der Waals surface area (Å²) in [7, 11) is 0. The molecule has 4 rings (SSSR count). The van der Waals surface area contributed by atoms with Crippen LogP contribution in [0.3, 0.4) is 0 Å². The second-order valence-electron chi connectivity index (χ2n) is 6.06. The molecule has 22 heavy (non-hydrogen) atoms. The van der Waals surface area contributed by atoms with Gasteiger partial charge in [0, 0.05) is 24.2 Å². The zero-order chi connectivity index (χ0) is 15.1. The molecule has 0 spiro atoms. The normalized spacial score (nSPS) is 26.3. The van der Waals surface area contributed by atoms with Gasteiger partial charge in [-0.1, -0.05) is 23.7 Å². The third-order valence-electron chi connectivity index (χ3n) is 4.65. The van der Waals surface area contributed by atoms with Gasteiger partial charge in [0.05, 0.1) is 5.02 Å². The molecule has 4 nitrogen and oxygen atoms in total. The van der Waals surface area contributed by atoms with Crippen LogP contribution in [0.1, 0.15) is 23.4 Å². The third kappa shape index (κ3) is 2.42. The molecule has 1 aromatic heterocycles. The highest BCUT2D eigenvalue weighted by Gasteiger charge is 2.40. The molecule has 2 N–H and O–H groups in total. The minimum Gasteiger partial charge on any atom is -0.451 e. The van der Waals surface area contributed by atoms with Crippen LogP contribution in [0.2, 0.25) is 5.02 Å². The van der Waals surface area contributed by atoms with Gasteiger partial charge in [-0.3, -0.25) is 4.79 Å².